The molecule has 166 valence electrons. The number of halogens is 3. The van der Waals surface area contributed by atoms with E-state index in [9.17, 15) is 9.59 Å². The maximum Gasteiger partial charge on any atom is 0.266 e. The molecule has 1 fully saturated rings. The first-order chi connectivity index (χ1) is 15.3. The first-order valence-corrected chi connectivity index (χ1v) is 11.8. The number of amides is 2. The van der Waals surface area contributed by atoms with Crippen LogP contribution in [0.4, 0.5) is 5.69 Å². The quantitative estimate of drug-likeness (QED) is 0.281. The van der Waals surface area contributed by atoms with Crippen LogP contribution in [0.1, 0.15) is 18.4 Å². The van der Waals surface area contributed by atoms with Gasteiger partial charge in [0.15, 0.2) is 11.5 Å². The van der Waals surface area contributed by atoms with Crippen LogP contribution in [0, 0.1) is 0 Å². The van der Waals surface area contributed by atoms with Crippen LogP contribution in [0.2, 0.25) is 15.1 Å². The molecule has 0 saturated carbocycles. The van der Waals surface area contributed by atoms with Crippen molar-refractivity contribution in [3.05, 3.63) is 55.9 Å². The predicted octanol–water partition coefficient (Wildman–Crippen LogP) is 6.00. The first kappa shape index (κ1) is 23.2. The number of hydrogen-bond donors (Lipinski definition) is 1. The zero-order chi connectivity index (χ0) is 22.8. The Bertz CT molecular complexity index is 1160. The van der Waals surface area contributed by atoms with Crippen LogP contribution >= 0.6 is 58.8 Å². The SMILES string of the molecule is O=C(CCCN1C(=O)C(=Cc2ccc3c(c2)OCO3)SC1=S)Nc1cc(Cl)c(Cl)cc1Cl. The Kier molecular flexibility index (Phi) is 7.17. The summed E-state index contributed by atoms with van der Waals surface area (Å²) in [4.78, 5) is 27.1. The third-order valence-electron chi connectivity index (χ3n) is 4.64. The molecular weight excluding hydrogens is 515 g/mol. The van der Waals surface area contributed by atoms with Crippen LogP contribution in [0.25, 0.3) is 6.08 Å². The standard InChI is InChI=1S/C21H15Cl3N2O4S2/c22-12-8-14(24)15(9-13(12)23)25-19(27)2-1-5-26-20(28)18(32-21(26)31)7-11-3-4-16-17(6-11)30-10-29-16/h3-4,6-9H,1-2,5,10H2,(H,25,27). The van der Waals surface area contributed by atoms with E-state index in [-0.39, 0.29) is 30.1 Å². The maximum atomic E-state index is 12.8. The van der Waals surface area contributed by atoms with Crippen molar-refractivity contribution in [2.75, 3.05) is 18.7 Å². The highest BCUT2D eigenvalue weighted by Gasteiger charge is 2.31. The van der Waals surface area contributed by atoms with Gasteiger partial charge in [-0.05, 0) is 42.3 Å². The Labute approximate surface area is 208 Å². The molecule has 0 bridgehead atoms. The second kappa shape index (κ2) is 9.89. The van der Waals surface area contributed by atoms with Crippen molar-refractivity contribution in [2.24, 2.45) is 0 Å². The van der Waals surface area contributed by atoms with Crippen molar-refractivity contribution in [2.45, 2.75) is 12.8 Å². The van der Waals surface area contributed by atoms with Gasteiger partial charge in [0.1, 0.15) is 4.32 Å². The third-order valence-corrected chi connectivity index (χ3v) is 7.05. The van der Waals surface area contributed by atoms with E-state index >= 15 is 0 Å². The summed E-state index contributed by atoms with van der Waals surface area (Å²) >= 11 is 24.5. The second-order valence-corrected chi connectivity index (χ2v) is 9.74. The first-order valence-electron chi connectivity index (χ1n) is 9.41. The van der Waals surface area contributed by atoms with E-state index in [2.05, 4.69) is 5.32 Å². The van der Waals surface area contributed by atoms with E-state index in [1.165, 1.54) is 28.8 Å². The molecule has 2 aliphatic heterocycles. The third kappa shape index (κ3) is 5.15. The lowest BCUT2D eigenvalue weighted by Gasteiger charge is -2.14. The van der Waals surface area contributed by atoms with Gasteiger partial charge in [0.25, 0.3) is 5.91 Å². The van der Waals surface area contributed by atoms with Crippen LogP contribution in [0.15, 0.2) is 35.2 Å². The fourth-order valence-corrected chi connectivity index (χ4v) is 4.98. The van der Waals surface area contributed by atoms with Crippen LogP contribution in [-0.4, -0.2) is 34.4 Å². The number of fused-ring (bicyclic) bond motifs is 1. The number of carbonyl (C=O) groups is 2. The Balaban J connectivity index is 1.33. The van der Waals surface area contributed by atoms with Gasteiger partial charge in [0.2, 0.25) is 12.7 Å². The summed E-state index contributed by atoms with van der Waals surface area (Å²) in [5.74, 6) is 0.870. The summed E-state index contributed by atoms with van der Waals surface area (Å²) in [6, 6.07) is 8.42. The predicted molar refractivity (Wildman–Crippen MR) is 132 cm³/mol. The van der Waals surface area contributed by atoms with E-state index in [1.807, 2.05) is 12.1 Å². The lowest BCUT2D eigenvalue weighted by atomic mass is 10.2. The fourth-order valence-electron chi connectivity index (χ4n) is 3.08. The van der Waals surface area contributed by atoms with Crippen LogP contribution in [0.3, 0.4) is 0 Å². The second-order valence-electron chi connectivity index (χ2n) is 6.84. The molecule has 2 aromatic rings. The smallest absolute Gasteiger partial charge is 0.266 e. The van der Waals surface area contributed by atoms with E-state index < -0.39 is 0 Å². The minimum Gasteiger partial charge on any atom is -0.454 e. The number of nitrogens with one attached hydrogen (secondary N) is 1. The Hall–Kier alpha value is -1.97. The summed E-state index contributed by atoms with van der Waals surface area (Å²) in [6.45, 7) is 0.511. The molecule has 0 radical (unpaired) electrons. The van der Waals surface area contributed by atoms with Gasteiger partial charge in [0, 0.05) is 13.0 Å². The number of thiocarbonyl (C=S) groups is 1. The minimum atomic E-state index is -0.258. The Morgan fingerprint density at radius 2 is 1.88 bits per heavy atom. The zero-order valence-corrected chi connectivity index (χ0v) is 20.2. The number of carbonyl (C=O) groups excluding carboxylic acids is 2. The fraction of sp³-hybridized carbons (Fsp3) is 0.190. The number of rotatable bonds is 6. The van der Waals surface area contributed by atoms with Crippen molar-refractivity contribution in [1.29, 1.82) is 0 Å². The molecule has 0 aromatic heterocycles. The van der Waals surface area contributed by atoms with Crippen molar-refractivity contribution in [1.82, 2.24) is 4.90 Å². The van der Waals surface area contributed by atoms with Gasteiger partial charge in [-0.25, -0.2) is 0 Å². The number of ether oxygens (including phenoxy) is 2. The molecule has 32 heavy (non-hydrogen) atoms. The highest BCUT2D eigenvalue weighted by molar-refractivity contribution is 8.26. The number of hydrogen-bond acceptors (Lipinski definition) is 6. The van der Waals surface area contributed by atoms with Crippen molar-refractivity contribution >= 4 is 86.7 Å². The average molecular weight is 530 g/mol. The van der Waals surface area contributed by atoms with Gasteiger partial charge in [-0.2, -0.15) is 0 Å². The minimum absolute atomic E-state index is 0.175. The monoisotopic (exact) mass is 528 g/mol. The lowest BCUT2D eigenvalue weighted by Crippen LogP contribution is -2.29. The molecule has 0 unspecified atom stereocenters. The van der Waals surface area contributed by atoms with E-state index in [0.29, 0.717) is 49.4 Å². The highest BCUT2D eigenvalue weighted by atomic mass is 35.5. The lowest BCUT2D eigenvalue weighted by molar-refractivity contribution is -0.122. The summed E-state index contributed by atoms with van der Waals surface area (Å²) in [5.41, 5.74) is 1.19. The van der Waals surface area contributed by atoms with E-state index in [4.69, 9.17) is 56.5 Å². The highest BCUT2D eigenvalue weighted by Crippen LogP contribution is 2.36. The van der Waals surface area contributed by atoms with E-state index in [0.717, 1.165) is 5.56 Å². The topological polar surface area (TPSA) is 67.9 Å². The number of nitrogens with zero attached hydrogens (tertiary/aromatic N) is 1. The Morgan fingerprint density at radius 3 is 2.69 bits per heavy atom. The molecule has 4 rings (SSSR count). The van der Waals surface area contributed by atoms with Crippen molar-refractivity contribution in [3.8, 4) is 11.5 Å². The molecule has 0 aliphatic carbocycles. The largest absolute Gasteiger partial charge is 0.454 e. The molecule has 1 saturated heterocycles. The van der Waals surface area contributed by atoms with Crippen LogP contribution < -0.4 is 14.8 Å². The molecule has 2 heterocycles. The van der Waals surface area contributed by atoms with Gasteiger partial charge < -0.3 is 14.8 Å². The zero-order valence-electron chi connectivity index (χ0n) is 16.3. The molecule has 6 nitrogen and oxygen atoms in total. The molecule has 2 aromatic carbocycles. The molecular formula is C21H15Cl3N2O4S2. The average Bonchev–Trinajstić information content (AvgIpc) is 3.31. The van der Waals surface area contributed by atoms with Crippen LogP contribution in [-0.2, 0) is 9.59 Å². The molecule has 1 N–H and O–H groups in total. The number of benzene rings is 2. The Morgan fingerprint density at radius 1 is 1.12 bits per heavy atom. The molecule has 2 amide bonds. The molecule has 11 heteroatoms. The maximum absolute atomic E-state index is 12.8. The van der Waals surface area contributed by atoms with E-state index in [1.54, 1.807) is 12.1 Å². The van der Waals surface area contributed by atoms with Gasteiger partial charge in [-0.15, -0.1) is 0 Å². The van der Waals surface area contributed by atoms with Gasteiger partial charge >= 0.3 is 0 Å². The van der Waals surface area contributed by atoms with Crippen molar-refractivity contribution < 1.29 is 19.1 Å². The molecule has 0 spiro atoms. The summed E-state index contributed by atoms with van der Waals surface area (Å²) in [7, 11) is 0. The summed E-state index contributed by atoms with van der Waals surface area (Å²) < 4.78 is 11.1. The number of anilines is 1. The molecule has 2 aliphatic rings. The molecule has 0 atom stereocenters. The van der Waals surface area contributed by atoms with Crippen LogP contribution in [0.5, 0.6) is 11.5 Å². The normalized spacial score (nSPS) is 16.2. The summed E-state index contributed by atoms with van der Waals surface area (Å²) in [5, 5.41) is 3.58. The van der Waals surface area contributed by atoms with Crippen molar-refractivity contribution in [3.63, 3.8) is 0 Å². The van der Waals surface area contributed by atoms with Gasteiger partial charge in [-0.3, -0.25) is 14.5 Å². The summed E-state index contributed by atoms with van der Waals surface area (Å²) in [6.07, 6.45) is 2.36. The van der Waals surface area contributed by atoms with Gasteiger partial charge in [-0.1, -0.05) is 64.8 Å². The van der Waals surface area contributed by atoms with Gasteiger partial charge in [0.05, 0.1) is 25.7 Å². The number of thioether (sulfide) groups is 1.